The lowest BCUT2D eigenvalue weighted by atomic mass is 9.93. The van der Waals surface area contributed by atoms with Crippen LogP contribution in [-0.4, -0.2) is 48.2 Å². The second-order valence-electron chi connectivity index (χ2n) is 8.89. The van der Waals surface area contributed by atoms with Gasteiger partial charge in [0, 0.05) is 42.0 Å². The van der Waals surface area contributed by atoms with E-state index in [1.165, 1.54) is 0 Å². The molecule has 0 radical (unpaired) electrons. The molecular formula is C24H31N7O. The number of hydrogen-bond donors (Lipinski definition) is 2. The third-order valence-corrected chi connectivity index (χ3v) is 6.35. The Morgan fingerprint density at radius 3 is 2.72 bits per heavy atom. The summed E-state index contributed by atoms with van der Waals surface area (Å²) in [6.07, 6.45) is 8.58. The summed E-state index contributed by atoms with van der Waals surface area (Å²) < 4.78 is 7.93. The van der Waals surface area contributed by atoms with Gasteiger partial charge in [0.15, 0.2) is 5.65 Å². The highest BCUT2D eigenvalue weighted by Crippen LogP contribution is 2.30. The summed E-state index contributed by atoms with van der Waals surface area (Å²) in [5.41, 5.74) is 4.53. The lowest BCUT2D eigenvalue weighted by Gasteiger charge is -2.28. The highest BCUT2D eigenvalue weighted by atomic mass is 16.5. The van der Waals surface area contributed by atoms with Crippen molar-refractivity contribution in [3.63, 3.8) is 0 Å². The normalized spacial score (nSPS) is 19.3. The van der Waals surface area contributed by atoms with Crippen molar-refractivity contribution in [3.05, 3.63) is 30.4 Å². The predicted molar refractivity (Wildman–Crippen MR) is 127 cm³/mol. The van der Waals surface area contributed by atoms with Gasteiger partial charge in [-0.25, -0.2) is 15.0 Å². The summed E-state index contributed by atoms with van der Waals surface area (Å²) in [7, 11) is 0. The van der Waals surface area contributed by atoms with E-state index in [4.69, 9.17) is 14.7 Å². The van der Waals surface area contributed by atoms with Crippen molar-refractivity contribution in [2.45, 2.75) is 71.6 Å². The minimum atomic E-state index is 0.297. The van der Waals surface area contributed by atoms with Crippen LogP contribution >= 0.6 is 0 Å². The number of aromatic nitrogens is 6. The molecule has 4 heterocycles. The van der Waals surface area contributed by atoms with Gasteiger partial charge >= 0.3 is 0 Å². The van der Waals surface area contributed by atoms with Crippen molar-refractivity contribution >= 4 is 28.1 Å². The van der Waals surface area contributed by atoms with E-state index in [1.807, 2.05) is 31.5 Å². The molecule has 0 unspecified atom stereocenters. The molecule has 4 aromatic heterocycles. The number of rotatable bonds is 6. The Morgan fingerprint density at radius 1 is 1.16 bits per heavy atom. The van der Waals surface area contributed by atoms with Crippen molar-refractivity contribution in [2.24, 2.45) is 0 Å². The van der Waals surface area contributed by atoms with E-state index in [0.29, 0.717) is 24.1 Å². The Hall–Kier alpha value is -3.00. The number of H-pyrrole nitrogens is 1. The summed E-state index contributed by atoms with van der Waals surface area (Å²) in [4.78, 5) is 22.2. The second kappa shape index (κ2) is 8.50. The fourth-order valence-electron chi connectivity index (χ4n) is 4.84. The molecule has 8 heteroatoms. The average Bonchev–Trinajstić information content (AvgIpc) is 3.34. The highest BCUT2D eigenvalue weighted by molar-refractivity contribution is 5.93. The van der Waals surface area contributed by atoms with Crippen LogP contribution in [0, 0.1) is 6.92 Å². The number of aryl methyl sites for hydroxylation is 1. The third kappa shape index (κ3) is 3.83. The molecule has 1 aliphatic rings. The molecule has 5 rings (SSSR count). The molecule has 8 nitrogen and oxygen atoms in total. The number of nitrogens with one attached hydrogen (secondary N) is 2. The number of ether oxygens (including phenoxy) is 1. The van der Waals surface area contributed by atoms with Gasteiger partial charge in [0.05, 0.1) is 11.8 Å². The van der Waals surface area contributed by atoms with Crippen LogP contribution in [0.2, 0.25) is 0 Å². The molecule has 1 saturated carbocycles. The van der Waals surface area contributed by atoms with Gasteiger partial charge < -0.3 is 19.6 Å². The van der Waals surface area contributed by atoms with Crippen molar-refractivity contribution < 1.29 is 4.74 Å². The van der Waals surface area contributed by atoms with Crippen molar-refractivity contribution in [3.8, 4) is 11.3 Å². The molecule has 0 aromatic carbocycles. The van der Waals surface area contributed by atoms with Gasteiger partial charge in [-0.05, 0) is 65.5 Å². The molecule has 1 fully saturated rings. The first-order valence-corrected chi connectivity index (χ1v) is 11.6. The van der Waals surface area contributed by atoms with Crippen LogP contribution < -0.4 is 5.32 Å². The van der Waals surface area contributed by atoms with Crippen LogP contribution in [-0.2, 0) is 4.74 Å². The maximum absolute atomic E-state index is 5.76. The number of hydrogen-bond acceptors (Lipinski definition) is 6. The molecule has 4 aromatic rings. The molecule has 168 valence electrons. The molecule has 0 saturated heterocycles. The van der Waals surface area contributed by atoms with Crippen molar-refractivity contribution in [2.75, 3.05) is 11.9 Å². The Labute approximate surface area is 187 Å². The van der Waals surface area contributed by atoms with E-state index < -0.39 is 0 Å². The van der Waals surface area contributed by atoms with Crippen LogP contribution in [0.15, 0.2) is 24.5 Å². The van der Waals surface area contributed by atoms with Crippen LogP contribution in [0.5, 0.6) is 0 Å². The van der Waals surface area contributed by atoms with Gasteiger partial charge in [0.25, 0.3) is 0 Å². The zero-order valence-electron chi connectivity index (χ0n) is 19.2. The summed E-state index contributed by atoms with van der Waals surface area (Å²) in [5.74, 6) is 1.65. The number of pyridine rings is 1. The van der Waals surface area contributed by atoms with E-state index in [1.54, 1.807) is 0 Å². The molecule has 0 spiro atoms. The average molecular weight is 434 g/mol. The summed E-state index contributed by atoms with van der Waals surface area (Å²) in [6, 6.07) is 4.75. The first-order valence-electron chi connectivity index (χ1n) is 11.6. The van der Waals surface area contributed by atoms with Gasteiger partial charge in [-0.3, -0.25) is 0 Å². The van der Waals surface area contributed by atoms with E-state index in [2.05, 4.69) is 45.6 Å². The van der Waals surface area contributed by atoms with Gasteiger partial charge in [0.2, 0.25) is 5.95 Å². The first-order chi connectivity index (χ1) is 15.5. The first kappa shape index (κ1) is 20.9. The van der Waals surface area contributed by atoms with Gasteiger partial charge in [-0.1, -0.05) is 0 Å². The van der Waals surface area contributed by atoms with E-state index in [-0.39, 0.29) is 0 Å². The fraction of sp³-hybridized carbons (Fsp3) is 0.500. The topological polar surface area (TPSA) is 93.5 Å². The summed E-state index contributed by atoms with van der Waals surface area (Å²) >= 11 is 0. The summed E-state index contributed by atoms with van der Waals surface area (Å²) in [5, 5.41) is 4.47. The smallest absolute Gasteiger partial charge is 0.224 e. The molecule has 0 atom stereocenters. The molecule has 0 bridgehead atoms. The number of imidazole rings is 1. The van der Waals surface area contributed by atoms with Crippen molar-refractivity contribution in [1.29, 1.82) is 0 Å². The minimum Gasteiger partial charge on any atom is -0.379 e. The number of aromatic amines is 1. The Kier molecular flexibility index (Phi) is 5.55. The van der Waals surface area contributed by atoms with E-state index in [9.17, 15) is 0 Å². The number of nitrogens with zero attached hydrogens (tertiary/aromatic N) is 5. The van der Waals surface area contributed by atoms with Crippen molar-refractivity contribution in [1.82, 2.24) is 29.5 Å². The van der Waals surface area contributed by atoms with Gasteiger partial charge in [0.1, 0.15) is 17.0 Å². The molecule has 0 aliphatic heterocycles. The van der Waals surface area contributed by atoms with Crippen LogP contribution in [0.4, 0.5) is 5.95 Å². The maximum Gasteiger partial charge on any atom is 0.224 e. The monoisotopic (exact) mass is 433 g/mol. The lowest BCUT2D eigenvalue weighted by molar-refractivity contribution is 0.0346. The second-order valence-corrected chi connectivity index (χ2v) is 8.89. The zero-order valence-corrected chi connectivity index (χ0v) is 19.2. The van der Waals surface area contributed by atoms with Crippen LogP contribution in [0.1, 0.15) is 58.3 Å². The standard InChI is InChI=1S/C24H31N7O/c1-5-32-17-8-6-16(7-9-17)28-24-26-13-19-18(12-25-22(19)30-24)20-10-11-21-23(29-20)31(14(2)3)15(4)27-21/h10-14,16-17H,5-9H2,1-4H3,(H2,25,26,28,30). The number of anilines is 1. The molecule has 2 N–H and O–H groups in total. The minimum absolute atomic E-state index is 0.297. The van der Waals surface area contributed by atoms with Crippen LogP contribution in [0.3, 0.4) is 0 Å². The highest BCUT2D eigenvalue weighted by Gasteiger charge is 2.22. The zero-order chi connectivity index (χ0) is 22.2. The predicted octanol–water partition coefficient (Wildman–Crippen LogP) is 5.02. The van der Waals surface area contributed by atoms with Gasteiger partial charge in [-0.2, -0.15) is 4.98 Å². The SMILES string of the molecule is CCOC1CCC(Nc2ncc3c(-c4ccc5nc(C)n(C(C)C)c5n4)c[nH]c3n2)CC1. The maximum atomic E-state index is 5.76. The molecule has 32 heavy (non-hydrogen) atoms. The van der Waals surface area contributed by atoms with Gasteiger partial charge in [-0.15, -0.1) is 0 Å². The number of fused-ring (bicyclic) bond motifs is 2. The fourth-order valence-corrected chi connectivity index (χ4v) is 4.84. The largest absolute Gasteiger partial charge is 0.379 e. The molecule has 0 amide bonds. The molecular weight excluding hydrogens is 402 g/mol. The quantitative estimate of drug-likeness (QED) is 0.443. The lowest BCUT2D eigenvalue weighted by Crippen LogP contribution is -2.30. The van der Waals surface area contributed by atoms with E-state index in [0.717, 1.165) is 71.6 Å². The third-order valence-electron chi connectivity index (χ3n) is 6.35. The van der Waals surface area contributed by atoms with E-state index >= 15 is 0 Å². The Balaban J connectivity index is 1.39. The summed E-state index contributed by atoms with van der Waals surface area (Å²) in [6.45, 7) is 9.18. The Bertz CT molecular complexity index is 1230. The molecule has 1 aliphatic carbocycles. The van der Waals surface area contributed by atoms with Crippen LogP contribution in [0.25, 0.3) is 33.5 Å². The Morgan fingerprint density at radius 2 is 1.97 bits per heavy atom.